The Balaban J connectivity index is 2.79. The van der Waals surface area contributed by atoms with E-state index in [-0.39, 0.29) is 11.8 Å². The normalized spacial score (nSPS) is 12.4. The molecule has 1 N–H and O–H groups in total. The van der Waals surface area contributed by atoms with Crippen LogP contribution in [0.2, 0.25) is 0 Å². The fourth-order valence-electron chi connectivity index (χ4n) is 1.71. The first-order valence-electron chi connectivity index (χ1n) is 5.46. The monoisotopic (exact) mass is 223 g/mol. The van der Waals surface area contributed by atoms with Gasteiger partial charge < -0.3 is 5.11 Å². The molecule has 0 aliphatic heterocycles. The molecule has 88 valence electrons. The van der Waals surface area contributed by atoms with E-state index in [0.29, 0.717) is 6.42 Å². The zero-order valence-corrected chi connectivity index (χ0v) is 9.64. The topological polar surface area (TPSA) is 63.4 Å². The van der Waals surface area contributed by atoms with Crippen LogP contribution in [0.3, 0.4) is 0 Å². The van der Waals surface area contributed by atoms with Gasteiger partial charge in [0.2, 0.25) is 0 Å². The van der Waals surface area contributed by atoms with Crippen molar-refractivity contribution in [3.05, 3.63) is 39.4 Å². The van der Waals surface area contributed by atoms with Crippen molar-refractivity contribution in [1.82, 2.24) is 0 Å². The van der Waals surface area contributed by atoms with Crippen LogP contribution in [0.5, 0.6) is 0 Å². The highest BCUT2D eigenvalue weighted by Gasteiger charge is 2.10. The third kappa shape index (κ3) is 3.31. The molecular weight excluding hydrogens is 206 g/mol. The van der Waals surface area contributed by atoms with Crippen LogP contribution in [0.25, 0.3) is 0 Å². The maximum atomic E-state index is 10.5. The zero-order valence-electron chi connectivity index (χ0n) is 9.64. The lowest BCUT2D eigenvalue weighted by molar-refractivity contribution is -0.384. The summed E-state index contributed by atoms with van der Waals surface area (Å²) in [6, 6.07) is 4.77. The lowest BCUT2D eigenvalue weighted by Gasteiger charge is -2.11. The van der Waals surface area contributed by atoms with Crippen LogP contribution < -0.4 is 0 Å². The second-order valence-corrected chi connectivity index (χ2v) is 4.01. The number of rotatable bonds is 5. The van der Waals surface area contributed by atoms with Crippen LogP contribution >= 0.6 is 0 Å². The summed E-state index contributed by atoms with van der Waals surface area (Å²) < 4.78 is 0. The van der Waals surface area contributed by atoms with Gasteiger partial charge in [0, 0.05) is 12.1 Å². The molecule has 16 heavy (non-hydrogen) atoms. The highest BCUT2D eigenvalue weighted by molar-refractivity contribution is 5.39. The molecule has 4 heteroatoms. The van der Waals surface area contributed by atoms with Gasteiger partial charge in [0.1, 0.15) is 0 Å². The van der Waals surface area contributed by atoms with Crippen molar-refractivity contribution in [2.75, 3.05) is 0 Å². The number of hydrogen-bond acceptors (Lipinski definition) is 3. The first-order valence-corrected chi connectivity index (χ1v) is 5.46. The summed E-state index contributed by atoms with van der Waals surface area (Å²) >= 11 is 0. The van der Waals surface area contributed by atoms with Gasteiger partial charge in [-0.25, -0.2) is 0 Å². The average Bonchev–Trinajstić information content (AvgIpc) is 2.21. The number of aliphatic hydroxyl groups is 1. The van der Waals surface area contributed by atoms with Gasteiger partial charge in [0.25, 0.3) is 5.69 Å². The Kier molecular flexibility index (Phi) is 4.43. The molecular formula is C12H17NO3. The molecule has 0 saturated carbocycles. The van der Waals surface area contributed by atoms with Gasteiger partial charge in [-0.1, -0.05) is 19.4 Å². The molecule has 0 fully saturated rings. The molecule has 1 aromatic rings. The van der Waals surface area contributed by atoms with Crippen LogP contribution in [0.1, 0.15) is 30.9 Å². The van der Waals surface area contributed by atoms with Crippen molar-refractivity contribution >= 4 is 5.69 Å². The summed E-state index contributed by atoms with van der Waals surface area (Å²) in [4.78, 5) is 10.1. The lowest BCUT2D eigenvalue weighted by atomic mass is 10.00. The van der Waals surface area contributed by atoms with Crippen molar-refractivity contribution in [2.45, 2.75) is 39.2 Å². The number of hydrogen-bond donors (Lipinski definition) is 1. The predicted molar refractivity (Wildman–Crippen MR) is 62.5 cm³/mol. The summed E-state index contributed by atoms with van der Waals surface area (Å²) in [5.74, 6) is 0. The second-order valence-electron chi connectivity index (χ2n) is 4.01. The van der Waals surface area contributed by atoms with E-state index in [0.717, 1.165) is 24.0 Å². The minimum atomic E-state index is -0.404. The average molecular weight is 223 g/mol. The van der Waals surface area contributed by atoms with Crippen LogP contribution in [-0.4, -0.2) is 16.1 Å². The fourth-order valence-corrected chi connectivity index (χ4v) is 1.71. The highest BCUT2D eigenvalue weighted by Crippen LogP contribution is 2.19. The molecule has 1 aromatic carbocycles. The number of nitro benzene ring substituents is 1. The summed E-state index contributed by atoms with van der Waals surface area (Å²) in [5.41, 5.74) is 1.95. The standard InChI is InChI=1S/C12H17NO3/c1-3-4-12(14)8-10-5-6-11(13(15)16)7-9(10)2/h5-7,12,14H,3-4,8H2,1-2H3. The molecule has 0 heterocycles. The Labute approximate surface area is 95.1 Å². The summed E-state index contributed by atoms with van der Waals surface area (Å²) in [6.07, 6.45) is 1.91. The largest absolute Gasteiger partial charge is 0.393 e. The van der Waals surface area contributed by atoms with Gasteiger partial charge in [-0.15, -0.1) is 0 Å². The molecule has 1 unspecified atom stereocenters. The van der Waals surface area contributed by atoms with Crippen molar-refractivity contribution in [2.24, 2.45) is 0 Å². The van der Waals surface area contributed by atoms with E-state index in [1.165, 1.54) is 6.07 Å². The van der Waals surface area contributed by atoms with Gasteiger partial charge in [0.15, 0.2) is 0 Å². The van der Waals surface area contributed by atoms with E-state index in [9.17, 15) is 15.2 Å². The van der Waals surface area contributed by atoms with Gasteiger partial charge >= 0.3 is 0 Å². The number of aryl methyl sites for hydroxylation is 1. The van der Waals surface area contributed by atoms with E-state index in [1.54, 1.807) is 12.1 Å². The summed E-state index contributed by atoms with van der Waals surface area (Å²) in [5, 5.41) is 20.2. The smallest absolute Gasteiger partial charge is 0.269 e. The summed E-state index contributed by atoms with van der Waals surface area (Å²) in [7, 11) is 0. The highest BCUT2D eigenvalue weighted by atomic mass is 16.6. The third-order valence-corrected chi connectivity index (χ3v) is 2.61. The molecule has 0 spiro atoms. The number of nitrogens with zero attached hydrogens (tertiary/aromatic N) is 1. The maximum Gasteiger partial charge on any atom is 0.269 e. The van der Waals surface area contributed by atoms with Crippen molar-refractivity contribution < 1.29 is 10.0 Å². The Hall–Kier alpha value is -1.42. The van der Waals surface area contributed by atoms with Gasteiger partial charge in [0.05, 0.1) is 11.0 Å². The minimum absolute atomic E-state index is 0.103. The molecule has 1 atom stereocenters. The Bertz CT molecular complexity index is 377. The molecule has 4 nitrogen and oxygen atoms in total. The van der Waals surface area contributed by atoms with Crippen LogP contribution in [0.4, 0.5) is 5.69 Å². The van der Waals surface area contributed by atoms with E-state index < -0.39 is 4.92 Å². The SMILES string of the molecule is CCCC(O)Cc1ccc([N+](=O)[O-])cc1C. The number of non-ortho nitro benzene ring substituents is 1. The first kappa shape index (κ1) is 12.6. The van der Waals surface area contributed by atoms with E-state index in [2.05, 4.69) is 0 Å². The van der Waals surface area contributed by atoms with Crippen molar-refractivity contribution in [3.8, 4) is 0 Å². The minimum Gasteiger partial charge on any atom is -0.393 e. The van der Waals surface area contributed by atoms with Crippen LogP contribution in [-0.2, 0) is 6.42 Å². The summed E-state index contributed by atoms with van der Waals surface area (Å²) in [6.45, 7) is 3.85. The van der Waals surface area contributed by atoms with Gasteiger partial charge in [-0.3, -0.25) is 10.1 Å². The fraction of sp³-hybridized carbons (Fsp3) is 0.500. The Morgan fingerprint density at radius 3 is 2.69 bits per heavy atom. The number of nitro groups is 1. The van der Waals surface area contributed by atoms with Crippen LogP contribution in [0, 0.1) is 17.0 Å². The van der Waals surface area contributed by atoms with Crippen molar-refractivity contribution in [3.63, 3.8) is 0 Å². The van der Waals surface area contributed by atoms with Crippen LogP contribution in [0.15, 0.2) is 18.2 Å². The zero-order chi connectivity index (χ0) is 12.1. The van der Waals surface area contributed by atoms with Gasteiger partial charge in [-0.05, 0) is 30.9 Å². The first-order chi connectivity index (χ1) is 7.54. The lowest BCUT2D eigenvalue weighted by Crippen LogP contribution is -2.10. The van der Waals surface area contributed by atoms with E-state index in [4.69, 9.17) is 0 Å². The Morgan fingerprint density at radius 1 is 1.50 bits per heavy atom. The second kappa shape index (κ2) is 5.61. The molecule has 0 radical (unpaired) electrons. The molecule has 0 aliphatic carbocycles. The molecule has 0 aliphatic rings. The third-order valence-electron chi connectivity index (χ3n) is 2.61. The predicted octanol–water partition coefficient (Wildman–Crippen LogP) is 2.61. The van der Waals surface area contributed by atoms with Gasteiger partial charge in [-0.2, -0.15) is 0 Å². The van der Waals surface area contributed by atoms with Crippen molar-refractivity contribution in [1.29, 1.82) is 0 Å². The maximum absolute atomic E-state index is 10.5. The number of benzene rings is 1. The molecule has 0 saturated heterocycles. The quantitative estimate of drug-likeness (QED) is 0.616. The van der Waals surface area contributed by atoms with E-state index in [1.807, 2.05) is 13.8 Å². The molecule has 0 amide bonds. The molecule has 0 bridgehead atoms. The van der Waals surface area contributed by atoms with E-state index >= 15 is 0 Å². The Morgan fingerprint density at radius 2 is 2.19 bits per heavy atom. The number of aliphatic hydroxyl groups excluding tert-OH is 1. The molecule has 1 rings (SSSR count). The molecule has 0 aromatic heterocycles.